The summed E-state index contributed by atoms with van der Waals surface area (Å²) in [5.74, 6) is 0.833. The number of hydrogen-bond donors (Lipinski definition) is 0. The van der Waals surface area contributed by atoms with E-state index in [1.54, 1.807) is 0 Å². The summed E-state index contributed by atoms with van der Waals surface area (Å²) in [5, 5.41) is 0. The molecule has 0 unspecified atom stereocenters. The summed E-state index contributed by atoms with van der Waals surface area (Å²) in [6, 6.07) is 0. The van der Waals surface area contributed by atoms with E-state index in [9.17, 15) is 0 Å². The standard InChI is InChI=1S/C4H10.2BrH.2Zn/c1-4(2)3;;;;/h4H,1-3H3;2*1H;;/q;;;;+2/p-2. The zero-order valence-electron chi connectivity index (χ0n) is 5.75. The first-order valence-corrected chi connectivity index (χ1v) is 16.2. The second-order valence-electron chi connectivity index (χ2n) is 1.83. The minimum Gasteiger partial charge on any atom is 0 e. The van der Waals surface area contributed by atoms with E-state index in [1.165, 1.54) is 0 Å². The maximum absolute atomic E-state index is 3.25. The summed E-state index contributed by atoms with van der Waals surface area (Å²) in [6.45, 7) is 6.50. The zero-order valence-corrected chi connectivity index (χ0v) is 14.9. The van der Waals surface area contributed by atoms with Gasteiger partial charge in [-0.1, -0.05) is 20.8 Å². The Labute approximate surface area is 85.6 Å². The molecule has 0 aliphatic heterocycles. The number of hydrogen-bond acceptors (Lipinski definition) is 0. The second-order valence-corrected chi connectivity index (χ2v) is 15.9. The summed E-state index contributed by atoms with van der Waals surface area (Å²) >= 11 is 6.25. The molecule has 0 amide bonds. The van der Waals surface area contributed by atoms with Crippen LogP contribution in [0.3, 0.4) is 0 Å². The number of rotatable bonds is 0. The predicted octanol–water partition coefficient (Wildman–Crippen LogP) is 3.35. The SMILES string of the molecule is CC(C)C.[Br][Zn][Br].[Zn]. The minimum absolute atomic E-state index is 0. The summed E-state index contributed by atoms with van der Waals surface area (Å²) in [5.41, 5.74) is 0. The van der Waals surface area contributed by atoms with Gasteiger partial charge in [0, 0.05) is 19.5 Å². The molecular formula is C4H10Br2Zn2. The Morgan fingerprint density at radius 1 is 1.12 bits per heavy atom. The molecule has 44 valence electrons. The molecule has 0 N–H and O–H groups in total. The molecule has 0 nitrogen and oxygen atoms in total. The van der Waals surface area contributed by atoms with Crippen LogP contribution in [0.15, 0.2) is 0 Å². The van der Waals surface area contributed by atoms with Crippen molar-refractivity contribution in [3.8, 4) is 0 Å². The van der Waals surface area contributed by atoms with Gasteiger partial charge in [-0.15, -0.1) is 0 Å². The molecule has 0 heterocycles. The van der Waals surface area contributed by atoms with Crippen LogP contribution >= 0.6 is 27.2 Å². The van der Waals surface area contributed by atoms with E-state index in [2.05, 4.69) is 48.0 Å². The van der Waals surface area contributed by atoms with E-state index >= 15 is 0 Å². The van der Waals surface area contributed by atoms with Gasteiger partial charge < -0.3 is 0 Å². The van der Waals surface area contributed by atoms with E-state index in [0.29, 0.717) is 0 Å². The van der Waals surface area contributed by atoms with Gasteiger partial charge in [-0.2, -0.15) is 0 Å². The van der Waals surface area contributed by atoms with Crippen LogP contribution in [-0.2, 0) is 32.7 Å². The molecule has 0 fully saturated rings. The summed E-state index contributed by atoms with van der Waals surface area (Å²) in [7, 11) is 0. The quantitative estimate of drug-likeness (QED) is 0.589. The van der Waals surface area contributed by atoms with Gasteiger partial charge >= 0.3 is 40.5 Å². The van der Waals surface area contributed by atoms with Crippen molar-refractivity contribution in [2.45, 2.75) is 20.8 Å². The average Bonchev–Trinajstić information content (AvgIpc) is 1.33. The molecule has 0 aromatic carbocycles. The molecule has 0 aliphatic carbocycles. The summed E-state index contributed by atoms with van der Waals surface area (Å²) in [6.07, 6.45) is 0. The summed E-state index contributed by atoms with van der Waals surface area (Å²) in [4.78, 5) is 0. The van der Waals surface area contributed by atoms with Crippen molar-refractivity contribution in [3.05, 3.63) is 0 Å². The van der Waals surface area contributed by atoms with Crippen LogP contribution in [0.1, 0.15) is 20.8 Å². The average molecular weight is 349 g/mol. The topological polar surface area (TPSA) is 0 Å². The molecule has 0 aromatic heterocycles. The fourth-order valence-corrected chi connectivity index (χ4v) is 0. The van der Waals surface area contributed by atoms with E-state index in [0.717, 1.165) is 5.92 Å². The molecule has 0 saturated carbocycles. The molecule has 8 heavy (non-hydrogen) atoms. The molecule has 4 heteroatoms. The van der Waals surface area contributed by atoms with Gasteiger partial charge in [-0.05, 0) is 5.92 Å². The van der Waals surface area contributed by atoms with E-state index in [-0.39, 0.29) is 32.7 Å². The maximum atomic E-state index is 3.25. The van der Waals surface area contributed by atoms with Crippen LogP contribution in [-0.4, -0.2) is 0 Å². The molecule has 0 rings (SSSR count). The van der Waals surface area contributed by atoms with Crippen LogP contribution in [0.4, 0.5) is 0 Å². The maximum Gasteiger partial charge on any atom is 0 e. The van der Waals surface area contributed by atoms with Gasteiger partial charge in [0.15, 0.2) is 0 Å². The zero-order chi connectivity index (χ0) is 6.28. The van der Waals surface area contributed by atoms with Crippen molar-refractivity contribution in [2.75, 3.05) is 0 Å². The first kappa shape index (κ1) is 16.7. The largest absolute Gasteiger partial charge is 0 e. The fraction of sp³-hybridized carbons (Fsp3) is 1.00. The van der Waals surface area contributed by atoms with Gasteiger partial charge in [0.25, 0.3) is 0 Å². The Hall–Kier alpha value is 2.21. The van der Waals surface area contributed by atoms with Gasteiger partial charge in [-0.25, -0.2) is 0 Å². The monoisotopic (exact) mass is 344 g/mol. The minimum atomic E-state index is -0.250. The van der Waals surface area contributed by atoms with Crippen molar-refractivity contribution in [1.29, 1.82) is 0 Å². The molecule has 0 atom stereocenters. The van der Waals surface area contributed by atoms with Gasteiger partial charge in [0.05, 0.1) is 0 Å². The van der Waals surface area contributed by atoms with Crippen LogP contribution in [0.5, 0.6) is 0 Å². The Kier molecular flexibility index (Phi) is 33.5. The van der Waals surface area contributed by atoms with E-state index < -0.39 is 0 Å². The molecule has 0 radical (unpaired) electrons. The third-order valence-corrected chi connectivity index (χ3v) is 0. The van der Waals surface area contributed by atoms with Crippen LogP contribution in [0, 0.1) is 5.92 Å². The summed E-state index contributed by atoms with van der Waals surface area (Å²) < 4.78 is 0. The molecule has 0 aromatic rings. The third-order valence-electron chi connectivity index (χ3n) is 0. The van der Waals surface area contributed by atoms with Crippen LogP contribution in [0.2, 0.25) is 0 Å². The first-order chi connectivity index (χ1) is 3.15. The molecule has 0 spiro atoms. The van der Waals surface area contributed by atoms with Crippen LogP contribution < -0.4 is 0 Å². The Bertz CT molecular complexity index is 23.2. The van der Waals surface area contributed by atoms with Crippen LogP contribution in [0.25, 0.3) is 0 Å². The Morgan fingerprint density at radius 3 is 1.12 bits per heavy atom. The second kappa shape index (κ2) is 16.1. The fourth-order valence-electron chi connectivity index (χ4n) is 0. The Balaban J connectivity index is -0.0000000575. The van der Waals surface area contributed by atoms with Crippen molar-refractivity contribution in [2.24, 2.45) is 5.92 Å². The van der Waals surface area contributed by atoms with Gasteiger partial charge in [0.2, 0.25) is 0 Å². The van der Waals surface area contributed by atoms with Crippen molar-refractivity contribution in [1.82, 2.24) is 0 Å². The van der Waals surface area contributed by atoms with Crippen molar-refractivity contribution in [3.63, 3.8) is 0 Å². The smallest absolute Gasteiger partial charge is 0 e. The first-order valence-electron chi connectivity index (χ1n) is 2.27. The Morgan fingerprint density at radius 2 is 1.12 bits per heavy atom. The predicted molar refractivity (Wildman–Crippen MR) is 38.4 cm³/mol. The van der Waals surface area contributed by atoms with Crippen molar-refractivity contribution < 1.29 is 32.7 Å². The van der Waals surface area contributed by atoms with E-state index in [4.69, 9.17) is 0 Å². The third kappa shape index (κ3) is 87.5. The normalized spacial score (nSPS) is 5.75. The van der Waals surface area contributed by atoms with E-state index in [1.807, 2.05) is 0 Å². The molecule has 0 aliphatic rings. The van der Waals surface area contributed by atoms with Crippen molar-refractivity contribution >= 4 is 27.2 Å². The van der Waals surface area contributed by atoms with Gasteiger partial charge in [0.1, 0.15) is 0 Å². The molecular weight excluding hydrogens is 339 g/mol. The molecule has 0 bridgehead atoms. The number of halogens is 2. The van der Waals surface area contributed by atoms with Gasteiger partial charge in [-0.3, -0.25) is 0 Å². The molecule has 0 saturated heterocycles.